The fraction of sp³-hybridized carbons (Fsp3) is 0.500. The van der Waals surface area contributed by atoms with Crippen molar-refractivity contribution in [2.24, 2.45) is 0 Å². The molecule has 5 heteroatoms. The highest BCUT2D eigenvalue weighted by Crippen LogP contribution is 2.04. The molecular formula is C14H21NO4. The Morgan fingerprint density at radius 2 is 1.89 bits per heavy atom. The lowest BCUT2D eigenvalue weighted by atomic mass is 10.1. The van der Waals surface area contributed by atoms with Gasteiger partial charge in [-0.05, 0) is 12.0 Å². The molecule has 0 saturated carbocycles. The molecule has 0 spiro atoms. The van der Waals surface area contributed by atoms with E-state index in [4.69, 9.17) is 9.47 Å². The fourth-order valence-electron chi connectivity index (χ4n) is 1.76. The van der Waals surface area contributed by atoms with Crippen LogP contribution in [0.2, 0.25) is 0 Å². The Balaban J connectivity index is 2.46. The van der Waals surface area contributed by atoms with Gasteiger partial charge in [0.1, 0.15) is 0 Å². The summed E-state index contributed by atoms with van der Waals surface area (Å²) in [7, 11) is 2.96. The molecule has 0 heterocycles. The van der Waals surface area contributed by atoms with Crippen molar-refractivity contribution in [3.05, 3.63) is 35.9 Å². The van der Waals surface area contributed by atoms with E-state index in [0.717, 1.165) is 5.56 Å². The minimum atomic E-state index is -0.559. The van der Waals surface area contributed by atoms with E-state index in [9.17, 15) is 9.90 Å². The minimum Gasteiger partial charge on any atom is -0.394 e. The van der Waals surface area contributed by atoms with Crippen molar-refractivity contribution < 1.29 is 19.4 Å². The summed E-state index contributed by atoms with van der Waals surface area (Å²) in [6, 6.07) is 9.40. The number of amides is 1. The largest absolute Gasteiger partial charge is 0.394 e. The number of carbonyl (C=O) groups is 1. The molecule has 1 amide bonds. The molecule has 1 aromatic rings. The summed E-state index contributed by atoms with van der Waals surface area (Å²) >= 11 is 0. The number of hydrogen-bond donors (Lipinski definition) is 2. The van der Waals surface area contributed by atoms with E-state index in [-0.39, 0.29) is 25.0 Å². The molecule has 0 bridgehead atoms. The van der Waals surface area contributed by atoms with Gasteiger partial charge in [0.15, 0.2) is 6.29 Å². The second-order valence-electron chi connectivity index (χ2n) is 4.24. The number of ether oxygens (including phenoxy) is 2. The molecule has 0 aliphatic heterocycles. The zero-order valence-corrected chi connectivity index (χ0v) is 11.3. The maximum absolute atomic E-state index is 11.7. The van der Waals surface area contributed by atoms with Crippen LogP contribution in [0.4, 0.5) is 0 Å². The van der Waals surface area contributed by atoms with Gasteiger partial charge in [0.25, 0.3) is 0 Å². The normalized spacial score (nSPS) is 12.4. The van der Waals surface area contributed by atoms with Crippen molar-refractivity contribution in [2.45, 2.75) is 25.2 Å². The Hall–Kier alpha value is -1.43. The van der Waals surface area contributed by atoms with Gasteiger partial charge < -0.3 is 19.9 Å². The van der Waals surface area contributed by atoms with Crippen LogP contribution in [0.25, 0.3) is 0 Å². The quantitative estimate of drug-likeness (QED) is 0.681. The fourth-order valence-corrected chi connectivity index (χ4v) is 1.76. The van der Waals surface area contributed by atoms with Crippen molar-refractivity contribution >= 4 is 5.91 Å². The first-order chi connectivity index (χ1) is 9.19. The molecule has 2 N–H and O–H groups in total. The summed E-state index contributed by atoms with van der Waals surface area (Å²) in [5.41, 5.74) is 1.07. The maximum Gasteiger partial charge on any atom is 0.225 e. The van der Waals surface area contributed by atoms with Crippen LogP contribution >= 0.6 is 0 Å². The number of carbonyl (C=O) groups excluding carboxylic acids is 1. The Bertz CT molecular complexity index is 365. The number of aliphatic hydroxyl groups excluding tert-OH is 1. The zero-order valence-electron chi connectivity index (χ0n) is 11.3. The number of aliphatic hydroxyl groups is 1. The van der Waals surface area contributed by atoms with Crippen LogP contribution in [0.1, 0.15) is 12.0 Å². The third-order valence-corrected chi connectivity index (χ3v) is 2.79. The molecule has 1 rings (SSSR count). The summed E-state index contributed by atoms with van der Waals surface area (Å²) in [5.74, 6) is -0.205. The molecule has 1 atom stereocenters. The first-order valence-corrected chi connectivity index (χ1v) is 6.19. The van der Waals surface area contributed by atoms with Gasteiger partial charge in [-0.25, -0.2) is 0 Å². The van der Waals surface area contributed by atoms with Crippen LogP contribution in [-0.4, -0.2) is 44.2 Å². The topological polar surface area (TPSA) is 67.8 Å². The number of rotatable bonds is 8. The lowest BCUT2D eigenvalue weighted by Gasteiger charge is -2.18. The number of hydrogen-bond acceptors (Lipinski definition) is 4. The SMILES string of the molecule is COC(CC(=O)N[C@H](CO)Cc1ccccc1)OC. The molecule has 1 aromatic carbocycles. The van der Waals surface area contributed by atoms with E-state index < -0.39 is 6.29 Å². The number of nitrogens with one attached hydrogen (secondary N) is 1. The second kappa shape index (κ2) is 8.63. The highest BCUT2D eigenvalue weighted by atomic mass is 16.7. The van der Waals surface area contributed by atoms with E-state index in [1.54, 1.807) is 0 Å². The molecular weight excluding hydrogens is 246 g/mol. The third kappa shape index (κ3) is 5.83. The van der Waals surface area contributed by atoms with E-state index in [2.05, 4.69) is 5.32 Å². The summed E-state index contributed by atoms with van der Waals surface area (Å²) < 4.78 is 9.92. The predicted octanol–water partition coefficient (Wildman–Crippen LogP) is 0.715. The summed E-state index contributed by atoms with van der Waals surface area (Å²) in [4.78, 5) is 11.7. The number of benzene rings is 1. The maximum atomic E-state index is 11.7. The monoisotopic (exact) mass is 267 g/mol. The predicted molar refractivity (Wildman–Crippen MR) is 71.6 cm³/mol. The Kier molecular flexibility index (Phi) is 7.10. The van der Waals surface area contributed by atoms with Crippen LogP contribution < -0.4 is 5.32 Å². The molecule has 0 unspecified atom stereocenters. The van der Waals surface area contributed by atoms with Crippen LogP contribution in [0, 0.1) is 0 Å². The van der Waals surface area contributed by atoms with Crippen LogP contribution in [0.3, 0.4) is 0 Å². The molecule has 0 aliphatic rings. The van der Waals surface area contributed by atoms with E-state index in [0.29, 0.717) is 6.42 Å². The molecule has 0 aromatic heterocycles. The van der Waals surface area contributed by atoms with Gasteiger partial charge in [0.05, 0.1) is 19.1 Å². The van der Waals surface area contributed by atoms with Crippen molar-refractivity contribution in [3.8, 4) is 0 Å². The minimum absolute atomic E-state index is 0.106. The van der Waals surface area contributed by atoms with Gasteiger partial charge >= 0.3 is 0 Å². The van der Waals surface area contributed by atoms with Crippen molar-refractivity contribution in [2.75, 3.05) is 20.8 Å². The average molecular weight is 267 g/mol. The first-order valence-electron chi connectivity index (χ1n) is 6.19. The highest BCUT2D eigenvalue weighted by molar-refractivity contribution is 5.76. The van der Waals surface area contributed by atoms with E-state index in [1.807, 2.05) is 30.3 Å². The molecule has 0 fully saturated rings. The molecule has 19 heavy (non-hydrogen) atoms. The smallest absolute Gasteiger partial charge is 0.225 e. The van der Waals surface area contributed by atoms with E-state index in [1.165, 1.54) is 14.2 Å². The Morgan fingerprint density at radius 3 is 2.42 bits per heavy atom. The summed E-state index contributed by atoms with van der Waals surface area (Å²) in [6.45, 7) is -0.106. The lowest BCUT2D eigenvalue weighted by molar-refractivity contribution is -0.140. The summed E-state index contributed by atoms with van der Waals surface area (Å²) in [6.07, 6.45) is 0.141. The standard InChI is InChI=1S/C14H21NO4/c1-18-14(19-2)9-13(17)15-12(10-16)8-11-6-4-3-5-7-11/h3-7,12,14,16H,8-10H2,1-2H3,(H,15,17)/t12-/m0/s1. The molecule has 0 saturated heterocycles. The van der Waals surface area contributed by atoms with Crippen molar-refractivity contribution in [3.63, 3.8) is 0 Å². The molecule has 0 aliphatic carbocycles. The Morgan fingerprint density at radius 1 is 1.26 bits per heavy atom. The van der Waals surface area contributed by atoms with Gasteiger partial charge in [-0.2, -0.15) is 0 Å². The average Bonchev–Trinajstić information content (AvgIpc) is 2.45. The van der Waals surface area contributed by atoms with Crippen molar-refractivity contribution in [1.82, 2.24) is 5.32 Å². The molecule has 0 radical (unpaired) electrons. The number of methoxy groups -OCH3 is 2. The first kappa shape index (κ1) is 15.6. The molecule has 106 valence electrons. The zero-order chi connectivity index (χ0) is 14.1. The van der Waals surface area contributed by atoms with Gasteiger partial charge in [0, 0.05) is 14.2 Å². The van der Waals surface area contributed by atoms with E-state index >= 15 is 0 Å². The second-order valence-corrected chi connectivity index (χ2v) is 4.24. The van der Waals surface area contributed by atoms with Crippen LogP contribution in [-0.2, 0) is 20.7 Å². The summed E-state index contributed by atoms with van der Waals surface area (Å²) in [5, 5.41) is 12.1. The Labute approximate surface area is 113 Å². The van der Waals surface area contributed by atoms with Crippen molar-refractivity contribution in [1.29, 1.82) is 0 Å². The van der Waals surface area contributed by atoms with Gasteiger partial charge in [-0.1, -0.05) is 30.3 Å². The van der Waals surface area contributed by atoms with Crippen LogP contribution in [0.5, 0.6) is 0 Å². The lowest BCUT2D eigenvalue weighted by Crippen LogP contribution is -2.40. The van der Waals surface area contributed by atoms with Crippen LogP contribution in [0.15, 0.2) is 30.3 Å². The van der Waals surface area contributed by atoms with Gasteiger partial charge in [-0.15, -0.1) is 0 Å². The highest BCUT2D eigenvalue weighted by Gasteiger charge is 2.16. The third-order valence-electron chi connectivity index (χ3n) is 2.79. The van der Waals surface area contributed by atoms with Gasteiger partial charge in [0.2, 0.25) is 5.91 Å². The van der Waals surface area contributed by atoms with Gasteiger partial charge in [-0.3, -0.25) is 4.79 Å². The molecule has 5 nitrogen and oxygen atoms in total.